The fourth-order valence-corrected chi connectivity index (χ4v) is 0.627. The fraction of sp³-hybridized carbons (Fsp3) is 0.667. The number of carboxylic acids is 2. The van der Waals surface area contributed by atoms with Gasteiger partial charge < -0.3 is 30.6 Å². The van der Waals surface area contributed by atoms with Gasteiger partial charge in [0.25, 0.3) is 0 Å². The van der Waals surface area contributed by atoms with E-state index in [0.29, 0.717) is 0 Å². The molecule has 15 heavy (non-hydrogen) atoms. The van der Waals surface area contributed by atoms with Gasteiger partial charge in [-0.3, -0.25) is 4.79 Å². The minimum absolute atomic E-state index is 0. The largest absolute Gasteiger partial charge is 0.481 e. The maximum absolute atomic E-state index is 10.1. The quantitative estimate of drug-likeness (QED) is 0.215. The topological polar surface area (TPSA) is 156 Å². The zero-order valence-corrected chi connectivity index (χ0v) is 9.91. The molecule has 0 atom stereocenters. The van der Waals surface area contributed by atoms with Crippen molar-refractivity contribution in [2.45, 2.75) is 24.4 Å². The van der Waals surface area contributed by atoms with Gasteiger partial charge in [-0.1, -0.05) is 0 Å². The average molecular weight is 233 g/mol. The molecule has 0 unspecified atom stereocenters. The summed E-state index contributed by atoms with van der Waals surface area (Å²) in [6.45, 7) is 0. The van der Waals surface area contributed by atoms with Crippen LogP contribution in [0.3, 0.4) is 0 Å². The number of hydrogen-bond donors (Lipinski definition) is 6. The Labute approximate surface area is 106 Å². The SMILES string of the molecule is O=C(O)CCC(O)(O)C(O)(O)C(=O)O.[Na]. The van der Waals surface area contributed by atoms with Gasteiger partial charge in [0.2, 0.25) is 5.79 Å². The van der Waals surface area contributed by atoms with Gasteiger partial charge in [0.15, 0.2) is 0 Å². The van der Waals surface area contributed by atoms with Gasteiger partial charge >= 0.3 is 17.7 Å². The van der Waals surface area contributed by atoms with Gasteiger partial charge in [-0.05, 0) is 0 Å². The number of rotatable bonds is 5. The van der Waals surface area contributed by atoms with Crippen LogP contribution >= 0.6 is 0 Å². The van der Waals surface area contributed by atoms with Crippen LogP contribution in [0.1, 0.15) is 12.8 Å². The molecule has 0 rings (SSSR count). The fourth-order valence-electron chi connectivity index (χ4n) is 0.627. The van der Waals surface area contributed by atoms with Gasteiger partial charge in [0, 0.05) is 36.0 Å². The maximum atomic E-state index is 10.1. The molecule has 0 saturated heterocycles. The van der Waals surface area contributed by atoms with Gasteiger partial charge in [-0.2, -0.15) is 0 Å². The van der Waals surface area contributed by atoms with Crippen LogP contribution in [-0.4, -0.2) is 83.7 Å². The van der Waals surface area contributed by atoms with E-state index >= 15 is 0 Å². The first-order valence-electron chi connectivity index (χ1n) is 3.46. The van der Waals surface area contributed by atoms with Crippen molar-refractivity contribution in [1.82, 2.24) is 0 Å². The second kappa shape index (κ2) is 5.75. The molecule has 9 heteroatoms. The van der Waals surface area contributed by atoms with E-state index in [0.717, 1.165) is 0 Å². The van der Waals surface area contributed by atoms with Crippen LogP contribution in [0.2, 0.25) is 0 Å². The number of carbonyl (C=O) groups is 2. The minimum atomic E-state index is -3.80. The molecule has 0 bridgehead atoms. The molecule has 83 valence electrons. The molecule has 0 aliphatic carbocycles. The van der Waals surface area contributed by atoms with Crippen molar-refractivity contribution in [3.8, 4) is 0 Å². The Morgan fingerprint density at radius 3 is 1.67 bits per heavy atom. The van der Waals surface area contributed by atoms with Crippen molar-refractivity contribution in [2.75, 3.05) is 0 Å². The predicted molar refractivity (Wildman–Crippen MR) is 44.6 cm³/mol. The molecule has 8 nitrogen and oxygen atoms in total. The van der Waals surface area contributed by atoms with Crippen molar-refractivity contribution in [3.63, 3.8) is 0 Å². The van der Waals surface area contributed by atoms with Crippen molar-refractivity contribution in [1.29, 1.82) is 0 Å². The summed E-state index contributed by atoms with van der Waals surface area (Å²) in [5, 5.41) is 51.5. The first kappa shape index (κ1) is 17.2. The zero-order chi connectivity index (χ0) is 11.6. The monoisotopic (exact) mass is 233 g/mol. The summed E-state index contributed by atoms with van der Waals surface area (Å²) in [4.78, 5) is 20.2. The van der Waals surface area contributed by atoms with Crippen LogP contribution in [0.4, 0.5) is 0 Å². The number of aliphatic carboxylic acids is 2. The number of hydrogen-bond acceptors (Lipinski definition) is 6. The van der Waals surface area contributed by atoms with Gasteiger partial charge in [-0.15, -0.1) is 0 Å². The second-order valence-electron chi connectivity index (χ2n) is 2.69. The molecule has 6 N–H and O–H groups in total. The Balaban J connectivity index is 0. The molecular formula is C6H10NaO8. The number of carboxylic acid groups (broad SMARTS) is 2. The molecule has 0 aromatic heterocycles. The van der Waals surface area contributed by atoms with Crippen LogP contribution in [0.25, 0.3) is 0 Å². The summed E-state index contributed by atoms with van der Waals surface area (Å²) >= 11 is 0. The first-order valence-corrected chi connectivity index (χ1v) is 3.46. The molecule has 0 heterocycles. The third kappa shape index (κ3) is 4.43. The molecule has 0 aromatic carbocycles. The Morgan fingerprint density at radius 1 is 1.00 bits per heavy atom. The van der Waals surface area contributed by atoms with Crippen molar-refractivity contribution >= 4 is 41.5 Å². The van der Waals surface area contributed by atoms with E-state index in [4.69, 9.17) is 30.6 Å². The van der Waals surface area contributed by atoms with E-state index in [-0.39, 0.29) is 29.6 Å². The van der Waals surface area contributed by atoms with Gasteiger partial charge in [0.05, 0.1) is 6.42 Å². The summed E-state index contributed by atoms with van der Waals surface area (Å²) in [5.74, 6) is -10.9. The molecule has 0 saturated carbocycles. The molecule has 0 aliphatic heterocycles. The van der Waals surface area contributed by atoms with E-state index in [1.165, 1.54) is 0 Å². The van der Waals surface area contributed by atoms with Crippen molar-refractivity contribution in [3.05, 3.63) is 0 Å². The summed E-state index contributed by atoms with van der Waals surface area (Å²) in [5.41, 5.74) is 0. The van der Waals surface area contributed by atoms with Crippen molar-refractivity contribution < 1.29 is 40.2 Å². The van der Waals surface area contributed by atoms with E-state index in [1.54, 1.807) is 0 Å². The van der Waals surface area contributed by atoms with E-state index in [9.17, 15) is 9.59 Å². The Bertz CT molecular complexity index is 248. The van der Waals surface area contributed by atoms with E-state index in [2.05, 4.69) is 0 Å². The van der Waals surface area contributed by atoms with E-state index < -0.39 is 36.4 Å². The molecule has 0 aromatic rings. The average Bonchev–Trinajstić information content (AvgIpc) is 2.00. The van der Waals surface area contributed by atoms with Gasteiger partial charge in [-0.25, -0.2) is 4.79 Å². The minimum Gasteiger partial charge on any atom is -0.481 e. The van der Waals surface area contributed by atoms with Crippen LogP contribution in [0, 0.1) is 0 Å². The maximum Gasteiger partial charge on any atom is 0.370 e. The zero-order valence-electron chi connectivity index (χ0n) is 7.91. The second-order valence-corrected chi connectivity index (χ2v) is 2.69. The first-order chi connectivity index (χ1) is 6.11. The summed E-state index contributed by atoms with van der Waals surface area (Å²) in [6, 6.07) is 0. The molecule has 0 amide bonds. The smallest absolute Gasteiger partial charge is 0.370 e. The summed E-state index contributed by atoms with van der Waals surface area (Å²) in [7, 11) is 0. The number of aliphatic hydroxyl groups is 4. The van der Waals surface area contributed by atoms with Crippen LogP contribution in [0.15, 0.2) is 0 Å². The molecular weight excluding hydrogens is 223 g/mol. The molecule has 0 spiro atoms. The normalized spacial score (nSPS) is 11.7. The predicted octanol–water partition coefficient (Wildman–Crippen LogP) is -3.08. The summed E-state index contributed by atoms with van der Waals surface area (Å²) in [6.07, 6.45) is -1.84. The Kier molecular flexibility index (Phi) is 6.59. The van der Waals surface area contributed by atoms with Crippen molar-refractivity contribution in [2.24, 2.45) is 0 Å². The molecule has 1 radical (unpaired) electrons. The summed E-state index contributed by atoms with van der Waals surface area (Å²) < 4.78 is 0. The Hall–Kier alpha value is -0.220. The third-order valence-electron chi connectivity index (χ3n) is 1.54. The van der Waals surface area contributed by atoms with Gasteiger partial charge in [0.1, 0.15) is 0 Å². The standard InChI is InChI=1S/C6H10O8.Na/c7-3(8)1-2-5(11,12)6(13,14)4(9)10;/h11-14H,1-2H2,(H,7,8)(H,9,10);. The van der Waals surface area contributed by atoms with Crippen LogP contribution < -0.4 is 0 Å². The molecule has 0 fully saturated rings. The third-order valence-corrected chi connectivity index (χ3v) is 1.54. The molecule has 0 aliphatic rings. The van der Waals surface area contributed by atoms with Crippen LogP contribution in [0.5, 0.6) is 0 Å². The van der Waals surface area contributed by atoms with Crippen LogP contribution in [-0.2, 0) is 9.59 Å². The van der Waals surface area contributed by atoms with E-state index in [1.807, 2.05) is 0 Å². The Morgan fingerprint density at radius 2 is 1.40 bits per heavy atom.